The van der Waals surface area contributed by atoms with Crippen LogP contribution in [0, 0.1) is 6.92 Å². The summed E-state index contributed by atoms with van der Waals surface area (Å²) in [6.07, 6.45) is 2.12. The van der Waals surface area contributed by atoms with Gasteiger partial charge in [-0.1, -0.05) is 29.8 Å². The molecule has 0 radical (unpaired) electrons. The normalized spacial score (nSPS) is 16.1. The van der Waals surface area contributed by atoms with Crippen LogP contribution in [0.3, 0.4) is 0 Å². The number of carbonyl (C=O) groups excluding carboxylic acids is 1. The molecule has 0 heterocycles. The van der Waals surface area contributed by atoms with Gasteiger partial charge in [-0.15, -0.1) is 0 Å². The highest BCUT2D eigenvalue weighted by Crippen LogP contribution is 2.37. The van der Waals surface area contributed by atoms with Crippen molar-refractivity contribution < 1.29 is 9.53 Å². The summed E-state index contributed by atoms with van der Waals surface area (Å²) in [4.78, 5) is 11.9. The van der Waals surface area contributed by atoms with E-state index in [-0.39, 0.29) is 5.97 Å². The zero-order chi connectivity index (χ0) is 13.3. The molecule has 18 heavy (non-hydrogen) atoms. The predicted octanol–water partition coefficient (Wildman–Crippen LogP) is 3.75. The first-order chi connectivity index (χ1) is 8.54. The molecule has 0 spiro atoms. The summed E-state index contributed by atoms with van der Waals surface area (Å²) in [5, 5.41) is 0. The molecular weight excluding hydrogens is 224 g/mol. The van der Waals surface area contributed by atoms with E-state index >= 15 is 0 Å². The van der Waals surface area contributed by atoms with Crippen LogP contribution in [0.1, 0.15) is 37.5 Å². The molecule has 1 aliphatic rings. The predicted molar refractivity (Wildman–Crippen MR) is 74.1 cm³/mol. The molecule has 0 bridgehead atoms. The van der Waals surface area contributed by atoms with Gasteiger partial charge in [0.25, 0.3) is 0 Å². The smallest absolute Gasteiger partial charge is 0.334 e. The minimum absolute atomic E-state index is 0.227. The summed E-state index contributed by atoms with van der Waals surface area (Å²) in [6.45, 7) is 8.17. The molecule has 1 aliphatic carbocycles. The monoisotopic (exact) mass is 242 g/mol. The summed E-state index contributed by atoms with van der Waals surface area (Å²) in [6, 6.07) is 6.31. The molecule has 2 rings (SSSR count). The van der Waals surface area contributed by atoms with Crippen molar-refractivity contribution in [2.75, 3.05) is 6.61 Å². The van der Waals surface area contributed by atoms with Crippen molar-refractivity contribution in [2.45, 2.75) is 27.7 Å². The van der Waals surface area contributed by atoms with Crippen molar-refractivity contribution in [2.24, 2.45) is 0 Å². The van der Waals surface area contributed by atoms with Crippen molar-refractivity contribution in [1.82, 2.24) is 0 Å². The van der Waals surface area contributed by atoms with Crippen molar-refractivity contribution in [1.29, 1.82) is 0 Å². The van der Waals surface area contributed by atoms with E-state index in [2.05, 4.69) is 31.2 Å². The van der Waals surface area contributed by atoms with Crippen LogP contribution >= 0.6 is 0 Å². The molecule has 0 fully saturated rings. The van der Waals surface area contributed by atoms with E-state index in [1.54, 1.807) is 0 Å². The topological polar surface area (TPSA) is 26.3 Å². The van der Waals surface area contributed by atoms with Crippen LogP contribution in [-0.4, -0.2) is 12.6 Å². The first-order valence-corrected chi connectivity index (χ1v) is 6.22. The maximum absolute atomic E-state index is 11.9. The standard InChI is InChI=1S/C16H18O2/c1-5-18-16(17)12(4)15-11(3)9-13-7-6-10(2)8-14(13)15/h6-9H,5H2,1-4H3/b15-12-. The summed E-state index contributed by atoms with van der Waals surface area (Å²) in [5.74, 6) is -0.227. The molecule has 0 amide bonds. The van der Waals surface area contributed by atoms with E-state index in [0.29, 0.717) is 12.2 Å². The van der Waals surface area contributed by atoms with Crippen LogP contribution in [-0.2, 0) is 9.53 Å². The number of esters is 1. The number of ether oxygens (including phenoxy) is 1. The largest absolute Gasteiger partial charge is 0.463 e. The van der Waals surface area contributed by atoms with E-state index < -0.39 is 0 Å². The summed E-state index contributed by atoms with van der Waals surface area (Å²) in [7, 11) is 0. The van der Waals surface area contributed by atoms with E-state index in [4.69, 9.17) is 4.74 Å². The number of hydrogen-bond acceptors (Lipinski definition) is 2. The van der Waals surface area contributed by atoms with Gasteiger partial charge in [-0.2, -0.15) is 0 Å². The average Bonchev–Trinajstić information content (AvgIpc) is 2.64. The van der Waals surface area contributed by atoms with Crippen LogP contribution in [0.5, 0.6) is 0 Å². The number of fused-ring (bicyclic) bond motifs is 1. The third kappa shape index (κ3) is 2.10. The highest BCUT2D eigenvalue weighted by Gasteiger charge is 2.21. The van der Waals surface area contributed by atoms with Crippen molar-refractivity contribution in [3.8, 4) is 0 Å². The number of hydrogen-bond donors (Lipinski definition) is 0. The van der Waals surface area contributed by atoms with Gasteiger partial charge in [0.1, 0.15) is 0 Å². The van der Waals surface area contributed by atoms with Gasteiger partial charge in [0.05, 0.1) is 6.61 Å². The van der Waals surface area contributed by atoms with Gasteiger partial charge in [-0.05, 0) is 50.0 Å². The molecule has 1 aromatic rings. The lowest BCUT2D eigenvalue weighted by Gasteiger charge is -2.10. The number of benzene rings is 1. The van der Waals surface area contributed by atoms with Crippen molar-refractivity contribution >= 4 is 17.6 Å². The van der Waals surface area contributed by atoms with Gasteiger partial charge in [-0.3, -0.25) is 0 Å². The third-order valence-electron chi connectivity index (χ3n) is 3.20. The number of rotatable bonds is 2. The Balaban J connectivity index is 2.54. The lowest BCUT2D eigenvalue weighted by Crippen LogP contribution is -2.07. The molecule has 0 aliphatic heterocycles. The van der Waals surface area contributed by atoms with E-state index in [1.165, 1.54) is 11.1 Å². The number of allylic oxidation sites excluding steroid dienone is 2. The molecular formula is C16H18O2. The van der Waals surface area contributed by atoms with Gasteiger partial charge < -0.3 is 4.74 Å². The van der Waals surface area contributed by atoms with Crippen LogP contribution in [0.4, 0.5) is 0 Å². The van der Waals surface area contributed by atoms with Crippen LogP contribution < -0.4 is 0 Å². The Kier molecular flexibility index (Phi) is 3.37. The fourth-order valence-corrected chi connectivity index (χ4v) is 2.37. The Hall–Kier alpha value is -1.83. The fourth-order valence-electron chi connectivity index (χ4n) is 2.37. The molecule has 0 saturated heterocycles. The van der Waals surface area contributed by atoms with Gasteiger partial charge in [-0.25, -0.2) is 4.79 Å². The van der Waals surface area contributed by atoms with Gasteiger partial charge in [0.2, 0.25) is 0 Å². The molecule has 94 valence electrons. The number of aryl methyl sites for hydroxylation is 1. The second-order valence-corrected chi connectivity index (χ2v) is 4.64. The van der Waals surface area contributed by atoms with Crippen LogP contribution in [0.25, 0.3) is 11.6 Å². The van der Waals surface area contributed by atoms with Gasteiger partial charge >= 0.3 is 5.97 Å². The maximum Gasteiger partial charge on any atom is 0.334 e. The average molecular weight is 242 g/mol. The zero-order valence-electron chi connectivity index (χ0n) is 11.3. The Labute approximate surface area is 108 Å². The third-order valence-corrected chi connectivity index (χ3v) is 3.20. The Morgan fingerprint density at radius 3 is 2.67 bits per heavy atom. The molecule has 1 aromatic carbocycles. The van der Waals surface area contributed by atoms with E-state index in [1.807, 2.05) is 20.8 Å². The van der Waals surface area contributed by atoms with Crippen LogP contribution in [0.2, 0.25) is 0 Å². The quantitative estimate of drug-likeness (QED) is 0.583. The van der Waals surface area contributed by atoms with Gasteiger partial charge in [0.15, 0.2) is 0 Å². The van der Waals surface area contributed by atoms with Crippen molar-refractivity contribution in [3.63, 3.8) is 0 Å². The molecule has 0 N–H and O–H groups in total. The molecule has 0 aromatic heterocycles. The molecule has 0 unspecified atom stereocenters. The lowest BCUT2D eigenvalue weighted by atomic mass is 9.97. The highest BCUT2D eigenvalue weighted by atomic mass is 16.5. The second-order valence-electron chi connectivity index (χ2n) is 4.64. The molecule has 0 saturated carbocycles. The fraction of sp³-hybridized carbons (Fsp3) is 0.312. The highest BCUT2D eigenvalue weighted by molar-refractivity contribution is 6.06. The molecule has 2 nitrogen and oxygen atoms in total. The van der Waals surface area contributed by atoms with E-state index in [0.717, 1.165) is 16.7 Å². The summed E-state index contributed by atoms with van der Waals surface area (Å²) < 4.78 is 5.09. The SMILES string of the molecule is CCOC(=O)/C(C)=C1/C(C)=Cc2ccc(C)cc21. The van der Waals surface area contributed by atoms with Crippen LogP contribution in [0.15, 0.2) is 29.3 Å². The molecule has 2 heteroatoms. The number of carbonyl (C=O) groups is 1. The summed E-state index contributed by atoms with van der Waals surface area (Å²) >= 11 is 0. The van der Waals surface area contributed by atoms with Crippen molar-refractivity contribution in [3.05, 3.63) is 46.0 Å². The Bertz CT molecular complexity index is 562. The first-order valence-electron chi connectivity index (χ1n) is 6.22. The minimum Gasteiger partial charge on any atom is -0.463 e. The maximum atomic E-state index is 11.9. The summed E-state index contributed by atoms with van der Waals surface area (Å²) in [5.41, 5.74) is 6.35. The first kappa shape index (κ1) is 12.6. The van der Waals surface area contributed by atoms with Gasteiger partial charge in [0, 0.05) is 5.57 Å². The second kappa shape index (κ2) is 4.81. The Morgan fingerprint density at radius 1 is 1.28 bits per heavy atom. The lowest BCUT2D eigenvalue weighted by molar-refractivity contribution is -0.138. The Morgan fingerprint density at radius 2 is 2.00 bits per heavy atom. The van der Waals surface area contributed by atoms with E-state index in [9.17, 15) is 4.79 Å². The molecule has 0 atom stereocenters. The zero-order valence-corrected chi connectivity index (χ0v) is 11.3. The minimum atomic E-state index is -0.227.